The highest BCUT2D eigenvalue weighted by Gasteiger charge is 2.17. The molecule has 2 N–H and O–H groups in total. The number of carbonyl (C=O) groups is 1. The Balaban J connectivity index is 2.04. The summed E-state index contributed by atoms with van der Waals surface area (Å²) >= 11 is 0. The molecule has 98 valence electrons. The number of nitrogens with zero attached hydrogens (tertiary/aromatic N) is 1. The highest BCUT2D eigenvalue weighted by Crippen LogP contribution is 2.20. The number of benzene rings is 2. The molecule has 0 aliphatic rings. The topological polar surface area (TPSA) is 66.0 Å². The van der Waals surface area contributed by atoms with Gasteiger partial charge >= 0.3 is 0 Å². The summed E-state index contributed by atoms with van der Waals surface area (Å²) in [6.07, 6.45) is 0.799. The normalized spacial score (nSPS) is 11.7. The fourth-order valence-corrected chi connectivity index (χ4v) is 2.05. The molecule has 0 saturated heterocycles. The largest absolute Gasteiger partial charge is 0.515 e. The molecular weight excluding hydrogens is 252 g/mol. The Hall–Kier alpha value is -2.88. The van der Waals surface area contributed by atoms with E-state index in [-0.39, 0.29) is 11.4 Å². The molecule has 2 aromatic carbocycles. The van der Waals surface area contributed by atoms with Crippen LogP contribution in [0.1, 0.15) is 16.2 Å². The zero-order valence-electron chi connectivity index (χ0n) is 10.6. The van der Waals surface area contributed by atoms with Gasteiger partial charge in [0.2, 0.25) is 0 Å². The Bertz CT molecular complexity index is 755. The van der Waals surface area contributed by atoms with Crippen LogP contribution in [0, 0.1) is 0 Å². The molecule has 0 saturated carbocycles. The van der Waals surface area contributed by atoms with Crippen molar-refractivity contribution in [3.8, 4) is 0 Å². The first-order valence-electron chi connectivity index (χ1n) is 6.19. The number of para-hydroxylation sites is 2. The number of fused-ring (bicyclic) bond motifs is 1. The predicted octanol–water partition coefficient (Wildman–Crippen LogP) is 3.34. The van der Waals surface area contributed by atoms with E-state index in [4.69, 9.17) is 0 Å². The van der Waals surface area contributed by atoms with Gasteiger partial charge in [-0.25, -0.2) is 4.98 Å². The van der Waals surface area contributed by atoms with Crippen molar-refractivity contribution in [3.63, 3.8) is 0 Å². The van der Waals surface area contributed by atoms with Gasteiger partial charge in [0.25, 0.3) is 0 Å². The van der Waals surface area contributed by atoms with Crippen LogP contribution < -0.4 is 0 Å². The molecule has 3 rings (SSSR count). The molecule has 1 aromatic heterocycles. The van der Waals surface area contributed by atoms with Crippen LogP contribution in [0.15, 0.2) is 60.9 Å². The molecular formula is C16H12N2O2. The lowest BCUT2D eigenvalue weighted by atomic mass is 10.0. The van der Waals surface area contributed by atoms with Crippen molar-refractivity contribution in [2.75, 3.05) is 0 Å². The number of Topliss-reactive ketones (excluding diaryl/α,β-unsaturated/α-hetero) is 1. The Morgan fingerprint density at radius 2 is 1.75 bits per heavy atom. The second-order valence-corrected chi connectivity index (χ2v) is 4.34. The van der Waals surface area contributed by atoms with E-state index in [9.17, 15) is 9.90 Å². The van der Waals surface area contributed by atoms with Gasteiger partial charge in [0.15, 0.2) is 5.78 Å². The summed E-state index contributed by atoms with van der Waals surface area (Å²) in [4.78, 5) is 19.7. The highest BCUT2D eigenvalue weighted by molar-refractivity contribution is 6.28. The van der Waals surface area contributed by atoms with Gasteiger partial charge in [-0.2, -0.15) is 0 Å². The minimum Gasteiger partial charge on any atom is -0.515 e. The second-order valence-electron chi connectivity index (χ2n) is 4.34. The fourth-order valence-electron chi connectivity index (χ4n) is 2.05. The Labute approximate surface area is 115 Å². The average molecular weight is 264 g/mol. The Morgan fingerprint density at radius 1 is 1.05 bits per heavy atom. The predicted molar refractivity (Wildman–Crippen MR) is 77.5 cm³/mol. The fraction of sp³-hybridized carbons (Fsp3) is 0. The third-order valence-corrected chi connectivity index (χ3v) is 3.05. The lowest BCUT2D eigenvalue weighted by Crippen LogP contribution is -2.04. The molecule has 0 fully saturated rings. The van der Waals surface area contributed by atoms with E-state index in [0.29, 0.717) is 11.4 Å². The van der Waals surface area contributed by atoms with E-state index < -0.39 is 0 Å². The van der Waals surface area contributed by atoms with Gasteiger partial charge in [-0.15, -0.1) is 0 Å². The zero-order chi connectivity index (χ0) is 13.9. The molecule has 0 unspecified atom stereocenters. The summed E-state index contributed by atoms with van der Waals surface area (Å²) in [5.74, 6) is 0.0923. The maximum atomic E-state index is 12.4. The van der Waals surface area contributed by atoms with Crippen molar-refractivity contribution in [1.82, 2.24) is 9.97 Å². The van der Waals surface area contributed by atoms with Crippen molar-refractivity contribution in [2.24, 2.45) is 0 Å². The SMILES string of the molecule is O=C(/C(=C/O)c1nc2ccccc2[nH]1)c1ccccc1. The molecule has 0 amide bonds. The smallest absolute Gasteiger partial charge is 0.199 e. The summed E-state index contributed by atoms with van der Waals surface area (Å²) in [6.45, 7) is 0. The quantitative estimate of drug-likeness (QED) is 0.433. The zero-order valence-corrected chi connectivity index (χ0v) is 10.6. The molecule has 0 aliphatic carbocycles. The summed E-state index contributed by atoms with van der Waals surface area (Å²) in [5.41, 5.74) is 2.23. The van der Waals surface area contributed by atoms with Crippen LogP contribution in [0.4, 0.5) is 0 Å². The number of aromatic nitrogens is 2. The number of aliphatic hydroxyl groups excluding tert-OH is 1. The molecule has 0 atom stereocenters. The van der Waals surface area contributed by atoms with Crippen LogP contribution in [-0.4, -0.2) is 20.9 Å². The summed E-state index contributed by atoms with van der Waals surface area (Å²) < 4.78 is 0. The summed E-state index contributed by atoms with van der Waals surface area (Å²) in [7, 11) is 0. The van der Waals surface area contributed by atoms with Crippen LogP contribution in [0.5, 0.6) is 0 Å². The van der Waals surface area contributed by atoms with Crippen molar-refractivity contribution in [1.29, 1.82) is 0 Å². The minimum absolute atomic E-state index is 0.146. The molecule has 0 spiro atoms. The number of hydrogen-bond acceptors (Lipinski definition) is 3. The van der Waals surface area contributed by atoms with Gasteiger partial charge < -0.3 is 10.1 Å². The van der Waals surface area contributed by atoms with Gasteiger partial charge in [0.1, 0.15) is 5.82 Å². The van der Waals surface area contributed by atoms with E-state index >= 15 is 0 Å². The first kappa shape index (κ1) is 12.2. The highest BCUT2D eigenvalue weighted by atomic mass is 16.2. The summed E-state index contributed by atoms with van der Waals surface area (Å²) in [6, 6.07) is 16.3. The molecule has 0 aliphatic heterocycles. The number of aromatic amines is 1. The standard InChI is InChI=1S/C16H12N2O2/c19-10-12(15(20)11-6-2-1-3-7-11)16-17-13-8-4-5-9-14(13)18-16/h1-10,19H,(H,17,18)/b12-10-. The number of carbonyl (C=O) groups excluding carboxylic acids is 1. The van der Waals surface area contributed by atoms with E-state index in [1.165, 1.54) is 0 Å². The van der Waals surface area contributed by atoms with E-state index in [1.807, 2.05) is 30.3 Å². The number of imidazole rings is 1. The molecule has 0 bridgehead atoms. The number of ketones is 1. The molecule has 3 aromatic rings. The Morgan fingerprint density at radius 3 is 2.45 bits per heavy atom. The minimum atomic E-state index is -0.271. The maximum Gasteiger partial charge on any atom is 0.199 e. The van der Waals surface area contributed by atoms with Crippen LogP contribution in [0.25, 0.3) is 16.6 Å². The molecule has 4 nitrogen and oxygen atoms in total. The van der Waals surface area contributed by atoms with Crippen LogP contribution in [0.2, 0.25) is 0 Å². The van der Waals surface area contributed by atoms with Crippen molar-refractivity contribution >= 4 is 22.4 Å². The van der Waals surface area contributed by atoms with Crippen LogP contribution in [-0.2, 0) is 0 Å². The summed E-state index contributed by atoms with van der Waals surface area (Å²) in [5, 5.41) is 9.39. The number of allylic oxidation sites excluding steroid dienone is 1. The van der Waals surface area contributed by atoms with Gasteiger partial charge in [0, 0.05) is 5.56 Å². The van der Waals surface area contributed by atoms with Crippen molar-refractivity contribution < 1.29 is 9.90 Å². The van der Waals surface area contributed by atoms with Crippen molar-refractivity contribution in [2.45, 2.75) is 0 Å². The average Bonchev–Trinajstić information content (AvgIpc) is 2.92. The van der Waals surface area contributed by atoms with Gasteiger partial charge in [-0.3, -0.25) is 4.79 Å². The number of hydrogen-bond donors (Lipinski definition) is 2. The number of rotatable bonds is 3. The lowest BCUT2D eigenvalue weighted by molar-refractivity contribution is 0.105. The second kappa shape index (κ2) is 5.01. The molecule has 20 heavy (non-hydrogen) atoms. The molecule has 1 heterocycles. The van der Waals surface area contributed by atoms with Crippen molar-refractivity contribution in [3.05, 3.63) is 72.2 Å². The monoisotopic (exact) mass is 264 g/mol. The first-order chi connectivity index (χ1) is 9.79. The van der Waals surface area contributed by atoms with Crippen LogP contribution in [0.3, 0.4) is 0 Å². The Kier molecular flexibility index (Phi) is 3.05. The van der Waals surface area contributed by atoms with E-state index in [0.717, 1.165) is 17.3 Å². The van der Waals surface area contributed by atoms with E-state index in [1.54, 1.807) is 24.3 Å². The van der Waals surface area contributed by atoms with Gasteiger partial charge in [0.05, 0.1) is 22.9 Å². The maximum absolute atomic E-state index is 12.4. The molecule has 0 radical (unpaired) electrons. The first-order valence-corrected chi connectivity index (χ1v) is 6.19. The molecule has 4 heteroatoms. The number of H-pyrrole nitrogens is 1. The van der Waals surface area contributed by atoms with Gasteiger partial charge in [-0.1, -0.05) is 42.5 Å². The third kappa shape index (κ3) is 2.07. The lowest BCUT2D eigenvalue weighted by Gasteiger charge is -2.02. The van der Waals surface area contributed by atoms with Crippen LogP contribution >= 0.6 is 0 Å². The van der Waals surface area contributed by atoms with E-state index in [2.05, 4.69) is 9.97 Å². The number of aliphatic hydroxyl groups is 1. The van der Waals surface area contributed by atoms with Gasteiger partial charge in [-0.05, 0) is 12.1 Å². The number of nitrogens with one attached hydrogen (secondary N) is 1. The third-order valence-electron chi connectivity index (χ3n) is 3.05.